The highest BCUT2D eigenvalue weighted by Crippen LogP contribution is 2.51. The summed E-state index contributed by atoms with van der Waals surface area (Å²) in [6.45, 7) is 4.60. The van der Waals surface area contributed by atoms with Crippen molar-refractivity contribution in [2.75, 3.05) is 0 Å². The smallest absolute Gasteiger partial charge is 0.164 e. The Balaban J connectivity index is 1.03. The Morgan fingerprint density at radius 3 is 1.67 bits per heavy atom. The van der Waals surface area contributed by atoms with E-state index in [2.05, 4.69) is 187 Å². The predicted octanol–water partition coefficient (Wildman–Crippen LogP) is 13.0. The summed E-state index contributed by atoms with van der Waals surface area (Å²) in [6.07, 6.45) is 3.64. The lowest BCUT2D eigenvalue weighted by Gasteiger charge is -2.21. The maximum Gasteiger partial charge on any atom is 0.164 e. The molecule has 7 aromatic carbocycles. The van der Waals surface area contributed by atoms with Gasteiger partial charge < -0.3 is 4.57 Å². The molecule has 0 radical (unpaired) electrons. The van der Waals surface area contributed by atoms with Gasteiger partial charge in [-0.15, -0.1) is 0 Å². The average molecular weight is 744 g/mol. The number of benzene rings is 7. The molecule has 0 spiro atoms. The number of aromatic nitrogens is 5. The maximum absolute atomic E-state index is 5.24. The molecule has 0 saturated carbocycles. The van der Waals surface area contributed by atoms with Crippen LogP contribution in [0.25, 0.3) is 95.0 Å². The summed E-state index contributed by atoms with van der Waals surface area (Å²) in [7, 11) is 0. The van der Waals surface area contributed by atoms with Gasteiger partial charge in [0.15, 0.2) is 17.5 Å². The van der Waals surface area contributed by atoms with Crippen LogP contribution in [0, 0.1) is 0 Å². The first-order chi connectivity index (χ1) is 28.5. The Hall–Kier alpha value is -7.50. The maximum atomic E-state index is 5.24. The van der Waals surface area contributed by atoms with Gasteiger partial charge in [0.2, 0.25) is 0 Å². The van der Waals surface area contributed by atoms with E-state index in [4.69, 9.17) is 15.0 Å². The molecule has 0 fully saturated rings. The fourth-order valence-electron chi connectivity index (χ4n) is 8.87. The number of fused-ring (bicyclic) bond motifs is 6. The van der Waals surface area contributed by atoms with E-state index in [1.807, 2.05) is 24.5 Å². The first-order valence-electron chi connectivity index (χ1n) is 19.7. The lowest BCUT2D eigenvalue weighted by atomic mass is 9.82. The highest BCUT2D eigenvalue weighted by atomic mass is 15.0. The minimum Gasteiger partial charge on any atom is -0.309 e. The van der Waals surface area contributed by atoms with Crippen molar-refractivity contribution < 1.29 is 0 Å². The molecular formula is C53H37N5. The molecule has 0 amide bonds. The lowest BCUT2D eigenvalue weighted by molar-refractivity contribution is 0.660. The topological polar surface area (TPSA) is 56.5 Å². The zero-order valence-corrected chi connectivity index (χ0v) is 32.1. The number of pyridine rings is 1. The van der Waals surface area contributed by atoms with Crippen molar-refractivity contribution in [2.24, 2.45) is 0 Å². The first kappa shape index (κ1) is 33.8. The second kappa shape index (κ2) is 13.3. The van der Waals surface area contributed by atoms with Crippen molar-refractivity contribution in [1.82, 2.24) is 24.5 Å². The van der Waals surface area contributed by atoms with Crippen LogP contribution in [0.5, 0.6) is 0 Å². The van der Waals surface area contributed by atoms with Crippen LogP contribution < -0.4 is 0 Å². The molecule has 274 valence electrons. The molecule has 58 heavy (non-hydrogen) atoms. The van der Waals surface area contributed by atoms with Crippen LogP contribution in [0.4, 0.5) is 0 Å². The van der Waals surface area contributed by atoms with Crippen LogP contribution in [-0.4, -0.2) is 24.5 Å². The quantitative estimate of drug-likeness (QED) is 0.170. The second-order valence-corrected chi connectivity index (χ2v) is 15.5. The van der Waals surface area contributed by atoms with E-state index in [9.17, 15) is 0 Å². The Morgan fingerprint density at radius 2 is 0.931 bits per heavy atom. The summed E-state index contributed by atoms with van der Waals surface area (Å²) in [4.78, 5) is 19.8. The highest BCUT2D eigenvalue weighted by Gasteiger charge is 2.37. The molecule has 0 saturated heterocycles. The molecule has 1 aliphatic carbocycles. The van der Waals surface area contributed by atoms with E-state index in [-0.39, 0.29) is 5.41 Å². The van der Waals surface area contributed by atoms with Gasteiger partial charge in [0.25, 0.3) is 0 Å². The van der Waals surface area contributed by atoms with E-state index in [0.29, 0.717) is 17.5 Å². The fourth-order valence-corrected chi connectivity index (χ4v) is 8.87. The van der Waals surface area contributed by atoms with Gasteiger partial charge in [0.05, 0.1) is 11.0 Å². The minimum atomic E-state index is -0.140. The van der Waals surface area contributed by atoms with Crippen molar-refractivity contribution in [2.45, 2.75) is 19.3 Å². The molecule has 5 nitrogen and oxygen atoms in total. The van der Waals surface area contributed by atoms with Crippen molar-refractivity contribution in [3.8, 4) is 73.2 Å². The van der Waals surface area contributed by atoms with Crippen molar-refractivity contribution in [3.05, 3.63) is 199 Å². The Labute approximate surface area is 337 Å². The molecule has 11 rings (SSSR count). The molecule has 0 aliphatic heterocycles. The summed E-state index contributed by atoms with van der Waals surface area (Å²) in [5.74, 6) is 1.93. The molecule has 0 unspecified atom stereocenters. The van der Waals surface area contributed by atoms with E-state index in [1.54, 1.807) is 0 Å². The number of para-hydroxylation sites is 2. The summed E-state index contributed by atoms with van der Waals surface area (Å²) in [6, 6.07) is 62.4. The number of hydrogen-bond donors (Lipinski definition) is 0. The first-order valence-corrected chi connectivity index (χ1v) is 19.7. The third-order valence-electron chi connectivity index (χ3n) is 11.8. The lowest BCUT2D eigenvalue weighted by Crippen LogP contribution is -2.14. The van der Waals surface area contributed by atoms with Crippen LogP contribution in [0.2, 0.25) is 0 Å². The number of rotatable bonds is 6. The molecule has 3 heterocycles. The zero-order valence-electron chi connectivity index (χ0n) is 32.1. The second-order valence-electron chi connectivity index (χ2n) is 15.5. The standard InChI is InChI=1S/C53H37N5/c1-53(2)45-16-8-6-14-42(45)49-43(15-10-17-46(49)53)52-56-50(37-23-19-34(20-24-37)36-29-31-54-32-30-36)55-51(57-52)38-25-21-35(22-26-38)39-27-28-48-44(33-39)41-13-7-9-18-47(41)58(48)40-11-4-3-5-12-40/h3-33H,1-2H3. The van der Waals surface area contributed by atoms with Crippen molar-refractivity contribution in [3.63, 3.8) is 0 Å². The molecular weight excluding hydrogens is 707 g/mol. The summed E-state index contributed by atoms with van der Waals surface area (Å²) in [5.41, 5.74) is 15.8. The fraction of sp³-hybridized carbons (Fsp3) is 0.0566. The van der Waals surface area contributed by atoms with Gasteiger partial charge in [-0.25, -0.2) is 15.0 Å². The molecule has 10 aromatic rings. The van der Waals surface area contributed by atoms with Crippen molar-refractivity contribution >= 4 is 21.8 Å². The van der Waals surface area contributed by atoms with Gasteiger partial charge in [-0.05, 0) is 87.0 Å². The molecule has 3 aromatic heterocycles. The predicted molar refractivity (Wildman–Crippen MR) is 237 cm³/mol. The van der Waals surface area contributed by atoms with E-state index < -0.39 is 0 Å². The van der Waals surface area contributed by atoms with Crippen LogP contribution >= 0.6 is 0 Å². The summed E-state index contributed by atoms with van der Waals surface area (Å²) in [5, 5.41) is 2.46. The largest absolute Gasteiger partial charge is 0.309 e. The van der Waals surface area contributed by atoms with E-state index in [1.165, 1.54) is 44.1 Å². The van der Waals surface area contributed by atoms with Gasteiger partial charge >= 0.3 is 0 Å². The molecule has 5 heteroatoms. The highest BCUT2D eigenvalue weighted by molar-refractivity contribution is 6.10. The summed E-state index contributed by atoms with van der Waals surface area (Å²) < 4.78 is 2.35. The third kappa shape index (κ3) is 5.47. The normalized spacial score (nSPS) is 12.8. The number of hydrogen-bond acceptors (Lipinski definition) is 4. The SMILES string of the molecule is CC1(C)c2ccccc2-c2c(-c3nc(-c4ccc(-c5ccncc5)cc4)nc(-c4ccc(-c5ccc6c(c5)c5ccccc5n6-c5ccccc5)cc4)n3)cccc21. The van der Waals surface area contributed by atoms with E-state index >= 15 is 0 Å². The van der Waals surface area contributed by atoms with Gasteiger partial charge in [0.1, 0.15) is 0 Å². The average Bonchev–Trinajstić information content (AvgIpc) is 3.75. The van der Waals surface area contributed by atoms with Crippen LogP contribution in [0.3, 0.4) is 0 Å². The van der Waals surface area contributed by atoms with Gasteiger partial charge in [-0.1, -0.05) is 147 Å². The molecule has 0 bridgehead atoms. The molecule has 1 aliphatic rings. The monoisotopic (exact) mass is 743 g/mol. The molecule has 0 N–H and O–H groups in total. The summed E-state index contributed by atoms with van der Waals surface area (Å²) >= 11 is 0. The number of nitrogens with zero attached hydrogens (tertiary/aromatic N) is 5. The van der Waals surface area contributed by atoms with Crippen LogP contribution in [0.15, 0.2) is 188 Å². The van der Waals surface area contributed by atoms with Crippen LogP contribution in [-0.2, 0) is 5.41 Å². The van der Waals surface area contributed by atoms with Crippen molar-refractivity contribution in [1.29, 1.82) is 0 Å². The zero-order chi connectivity index (χ0) is 38.8. The van der Waals surface area contributed by atoms with Gasteiger partial charge in [-0.3, -0.25) is 4.98 Å². The molecule has 0 atom stereocenters. The third-order valence-corrected chi connectivity index (χ3v) is 11.8. The van der Waals surface area contributed by atoms with Gasteiger partial charge in [-0.2, -0.15) is 0 Å². The Kier molecular flexibility index (Phi) is 7.76. The minimum absolute atomic E-state index is 0.140. The Bertz CT molecular complexity index is 3160. The Morgan fingerprint density at radius 1 is 0.397 bits per heavy atom. The van der Waals surface area contributed by atoms with E-state index in [0.717, 1.165) is 44.6 Å². The van der Waals surface area contributed by atoms with Gasteiger partial charge in [0, 0.05) is 51.0 Å². The van der Waals surface area contributed by atoms with Crippen LogP contribution in [0.1, 0.15) is 25.0 Å².